The fraction of sp³-hybridized carbons (Fsp3) is 0.238. The van der Waals surface area contributed by atoms with Gasteiger partial charge in [0.1, 0.15) is 5.75 Å². The van der Waals surface area contributed by atoms with Gasteiger partial charge in [0.05, 0.1) is 6.61 Å². The number of aromatic nitrogens is 3. The van der Waals surface area contributed by atoms with Crippen molar-refractivity contribution < 1.29 is 14.3 Å². The molecule has 8 nitrogen and oxygen atoms in total. The van der Waals surface area contributed by atoms with E-state index in [0.29, 0.717) is 18.1 Å². The number of halogens is 1. The molecule has 0 amide bonds. The van der Waals surface area contributed by atoms with Crippen LogP contribution in [-0.4, -0.2) is 27.5 Å². The molecule has 1 heterocycles. The van der Waals surface area contributed by atoms with E-state index in [1.165, 1.54) is 0 Å². The fourth-order valence-electron chi connectivity index (χ4n) is 2.55. The van der Waals surface area contributed by atoms with Crippen molar-refractivity contribution in [3.63, 3.8) is 0 Å². The van der Waals surface area contributed by atoms with Gasteiger partial charge in [-0.1, -0.05) is 23.7 Å². The van der Waals surface area contributed by atoms with Gasteiger partial charge in [0.15, 0.2) is 12.4 Å². The number of carbonyl (C=O) groups is 1. The zero-order valence-corrected chi connectivity index (χ0v) is 17.2. The molecule has 0 unspecified atom stereocenters. The lowest BCUT2D eigenvalue weighted by Gasteiger charge is -2.09. The Hall–Kier alpha value is -3.39. The highest BCUT2D eigenvalue weighted by Crippen LogP contribution is 2.17. The molecule has 0 saturated heterocycles. The lowest BCUT2D eigenvalue weighted by Crippen LogP contribution is -2.11. The SMILES string of the molecule is Cc1cccc(OCCCC(=O)OCc2nc(N)nc(Nc3ccc(Cl)cc3)n2)c1. The largest absolute Gasteiger partial charge is 0.494 e. The maximum absolute atomic E-state index is 12.0. The summed E-state index contributed by atoms with van der Waals surface area (Å²) in [4.78, 5) is 24.2. The minimum Gasteiger partial charge on any atom is -0.494 e. The van der Waals surface area contributed by atoms with E-state index in [9.17, 15) is 4.79 Å². The van der Waals surface area contributed by atoms with Gasteiger partial charge < -0.3 is 20.5 Å². The number of carbonyl (C=O) groups excluding carboxylic acids is 1. The monoisotopic (exact) mass is 427 g/mol. The molecule has 30 heavy (non-hydrogen) atoms. The van der Waals surface area contributed by atoms with Crippen molar-refractivity contribution >= 4 is 35.2 Å². The third kappa shape index (κ3) is 6.89. The van der Waals surface area contributed by atoms with Crippen LogP contribution in [-0.2, 0) is 16.1 Å². The molecule has 9 heteroatoms. The molecule has 0 aliphatic carbocycles. The van der Waals surface area contributed by atoms with E-state index < -0.39 is 0 Å². The standard InChI is InChI=1S/C21H22ClN5O3/c1-14-4-2-5-17(12-14)29-11-3-6-19(28)30-13-18-25-20(23)27-21(26-18)24-16-9-7-15(22)8-10-16/h2,4-5,7-10,12H,3,6,11,13H2,1H3,(H3,23,24,25,26,27). The summed E-state index contributed by atoms with van der Waals surface area (Å²) < 4.78 is 10.8. The summed E-state index contributed by atoms with van der Waals surface area (Å²) in [6.07, 6.45) is 0.762. The third-order valence-electron chi connectivity index (χ3n) is 3.95. The lowest BCUT2D eigenvalue weighted by molar-refractivity contribution is -0.145. The molecule has 3 aromatic rings. The van der Waals surface area contributed by atoms with Crippen molar-refractivity contribution in [3.8, 4) is 5.75 Å². The molecule has 0 bridgehead atoms. The second-order valence-corrected chi connectivity index (χ2v) is 6.93. The Morgan fingerprint density at radius 1 is 1.13 bits per heavy atom. The molecule has 0 fully saturated rings. The van der Waals surface area contributed by atoms with Gasteiger partial charge in [-0.25, -0.2) is 0 Å². The molecule has 0 aliphatic rings. The molecular weight excluding hydrogens is 406 g/mol. The van der Waals surface area contributed by atoms with Gasteiger partial charge in [-0.05, 0) is 55.3 Å². The van der Waals surface area contributed by atoms with E-state index >= 15 is 0 Å². The fourth-order valence-corrected chi connectivity index (χ4v) is 2.68. The van der Waals surface area contributed by atoms with Crippen molar-refractivity contribution in [1.29, 1.82) is 0 Å². The van der Waals surface area contributed by atoms with Crippen LogP contribution in [0.2, 0.25) is 5.02 Å². The maximum atomic E-state index is 12.0. The van der Waals surface area contributed by atoms with E-state index in [0.717, 1.165) is 17.0 Å². The van der Waals surface area contributed by atoms with Crippen molar-refractivity contribution in [2.45, 2.75) is 26.4 Å². The Morgan fingerprint density at radius 2 is 1.93 bits per heavy atom. The second kappa shape index (κ2) is 10.4. The van der Waals surface area contributed by atoms with Crippen molar-refractivity contribution in [2.75, 3.05) is 17.7 Å². The molecule has 1 aromatic heterocycles. The smallest absolute Gasteiger partial charge is 0.306 e. The predicted octanol–water partition coefficient (Wildman–Crippen LogP) is 4.06. The molecular formula is C21H22ClN5O3. The number of nitrogen functional groups attached to an aromatic ring is 1. The first-order chi connectivity index (χ1) is 14.5. The Balaban J connectivity index is 1.44. The zero-order valence-electron chi connectivity index (χ0n) is 16.5. The minimum atomic E-state index is -0.367. The van der Waals surface area contributed by atoms with E-state index in [2.05, 4.69) is 20.3 Å². The minimum absolute atomic E-state index is 0.0269. The van der Waals surface area contributed by atoms with E-state index in [1.54, 1.807) is 24.3 Å². The number of hydrogen-bond acceptors (Lipinski definition) is 8. The predicted molar refractivity (Wildman–Crippen MR) is 115 cm³/mol. The molecule has 3 rings (SSSR count). The molecule has 0 atom stereocenters. The van der Waals surface area contributed by atoms with Gasteiger partial charge in [-0.3, -0.25) is 4.79 Å². The Bertz CT molecular complexity index is 998. The first-order valence-corrected chi connectivity index (χ1v) is 9.74. The summed E-state index contributed by atoms with van der Waals surface area (Å²) in [6, 6.07) is 14.8. The summed E-state index contributed by atoms with van der Waals surface area (Å²) in [5.74, 6) is 0.948. The number of rotatable bonds is 9. The van der Waals surface area contributed by atoms with Crippen LogP contribution in [0, 0.1) is 6.92 Å². The van der Waals surface area contributed by atoms with Crippen molar-refractivity contribution in [1.82, 2.24) is 15.0 Å². The number of benzene rings is 2. The van der Waals surface area contributed by atoms with Gasteiger partial charge in [-0.2, -0.15) is 15.0 Å². The van der Waals surface area contributed by atoms with Crippen LogP contribution in [0.1, 0.15) is 24.2 Å². The third-order valence-corrected chi connectivity index (χ3v) is 4.20. The molecule has 0 aliphatic heterocycles. The van der Waals surface area contributed by atoms with Crippen LogP contribution < -0.4 is 15.8 Å². The Morgan fingerprint density at radius 3 is 2.70 bits per heavy atom. The van der Waals surface area contributed by atoms with Gasteiger partial charge in [-0.15, -0.1) is 0 Å². The highest BCUT2D eigenvalue weighted by atomic mass is 35.5. The summed E-state index contributed by atoms with van der Waals surface area (Å²) in [5.41, 5.74) is 7.58. The molecule has 0 radical (unpaired) electrons. The van der Waals surface area contributed by atoms with Crippen molar-refractivity contribution in [3.05, 3.63) is 64.9 Å². The lowest BCUT2D eigenvalue weighted by atomic mass is 10.2. The average Bonchev–Trinajstić information content (AvgIpc) is 2.71. The Kier molecular flexibility index (Phi) is 7.40. The maximum Gasteiger partial charge on any atom is 0.306 e. The molecule has 0 saturated carbocycles. The molecule has 156 valence electrons. The van der Waals surface area contributed by atoms with Crippen LogP contribution >= 0.6 is 11.6 Å². The van der Waals surface area contributed by atoms with Gasteiger partial charge in [0, 0.05) is 17.1 Å². The second-order valence-electron chi connectivity index (χ2n) is 6.49. The first-order valence-electron chi connectivity index (χ1n) is 9.36. The van der Waals surface area contributed by atoms with Crippen LogP contribution in [0.15, 0.2) is 48.5 Å². The highest BCUT2D eigenvalue weighted by molar-refractivity contribution is 6.30. The first kappa shape index (κ1) is 21.3. The van der Waals surface area contributed by atoms with Gasteiger partial charge in [0.25, 0.3) is 0 Å². The summed E-state index contributed by atoms with van der Waals surface area (Å²) in [6.45, 7) is 2.32. The normalized spacial score (nSPS) is 10.5. The quantitative estimate of drug-likeness (QED) is 0.388. The molecule has 0 spiro atoms. The number of ether oxygens (including phenoxy) is 2. The number of aryl methyl sites for hydroxylation is 1. The van der Waals surface area contributed by atoms with Gasteiger partial charge >= 0.3 is 5.97 Å². The van der Waals surface area contributed by atoms with Crippen LogP contribution in [0.5, 0.6) is 5.75 Å². The number of hydrogen-bond donors (Lipinski definition) is 2. The topological polar surface area (TPSA) is 112 Å². The molecule has 2 aromatic carbocycles. The van der Waals surface area contributed by atoms with Crippen LogP contribution in [0.4, 0.5) is 17.6 Å². The summed E-state index contributed by atoms with van der Waals surface area (Å²) in [7, 11) is 0. The number of nitrogens with zero attached hydrogens (tertiary/aromatic N) is 3. The van der Waals surface area contributed by atoms with E-state index in [1.807, 2.05) is 31.2 Å². The van der Waals surface area contributed by atoms with Crippen LogP contribution in [0.25, 0.3) is 0 Å². The van der Waals surface area contributed by atoms with Gasteiger partial charge in [0.2, 0.25) is 11.9 Å². The number of anilines is 3. The van der Waals surface area contributed by atoms with Crippen molar-refractivity contribution in [2.24, 2.45) is 0 Å². The van der Waals surface area contributed by atoms with E-state index in [4.69, 9.17) is 26.8 Å². The summed E-state index contributed by atoms with van der Waals surface area (Å²) in [5, 5.41) is 3.62. The van der Waals surface area contributed by atoms with E-state index in [-0.39, 0.29) is 36.7 Å². The van der Waals surface area contributed by atoms with Crippen LogP contribution in [0.3, 0.4) is 0 Å². The number of esters is 1. The summed E-state index contributed by atoms with van der Waals surface area (Å²) >= 11 is 5.87. The average molecular weight is 428 g/mol. The number of nitrogens with one attached hydrogen (secondary N) is 1. The number of nitrogens with two attached hydrogens (primary N) is 1. The zero-order chi connectivity index (χ0) is 21.3. The highest BCUT2D eigenvalue weighted by Gasteiger charge is 2.09. The Labute approximate surface area is 179 Å². The molecule has 3 N–H and O–H groups in total.